The SMILES string of the molecule is CCCc1cc2c(=O)oc(Nc3ccccc3)nc2s1. The number of anilines is 2. The maximum Gasteiger partial charge on any atom is 0.349 e. The first-order chi connectivity index (χ1) is 9.76. The standard InChI is InChI=1S/C15H14N2O2S/c1-2-6-11-9-12-13(20-11)17-15(19-14(12)18)16-10-7-4-3-5-8-10/h3-5,7-9H,2,6H2,1H3,(H,16,17). The van der Waals surface area contributed by atoms with Crippen molar-refractivity contribution in [3.05, 3.63) is 51.7 Å². The third kappa shape index (κ3) is 2.58. The normalized spacial score (nSPS) is 10.8. The number of para-hydroxylation sites is 1. The van der Waals surface area contributed by atoms with Crippen LogP contribution in [0.25, 0.3) is 10.2 Å². The lowest BCUT2D eigenvalue weighted by Gasteiger charge is -2.02. The molecule has 3 aromatic rings. The second-order valence-electron chi connectivity index (χ2n) is 4.48. The summed E-state index contributed by atoms with van der Waals surface area (Å²) in [7, 11) is 0. The molecule has 0 spiro atoms. The Hall–Kier alpha value is -2.14. The van der Waals surface area contributed by atoms with Crippen LogP contribution in [0.15, 0.2) is 45.6 Å². The second kappa shape index (κ2) is 5.46. The molecule has 0 aliphatic heterocycles. The topological polar surface area (TPSA) is 55.1 Å². The van der Waals surface area contributed by atoms with Crippen molar-refractivity contribution < 1.29 is 4.42 Å². The molecule has 0 saturated carbocycles. The number of benzene rings is 1. The molecule has 0 bridgehead atoms. The number of fused-ring (bicyclic) bond motifs is 1. The van der Waals surface area contributed by atoms with Crippen molar-refractivity contribution in [2.45, 2.75) is 19.8 Å². The number of thiophene rings is 1. The Labute approximate surface area is 120 Å². The first-order valence-electron chi connectivity index (χ1n) is 6.52. The molecule has 0 unspecified atom stereocenters. The van der Waals surface area contributed by atoms with Gasteiger partial charge in [-0.2, -0.15) is 4.98 Å². The van der Waals surface area contributed by atoms with Gasteiger partial charge in [0.25, 0.3) is 0 Å². The summed E-state index contributed by atoms with van der Waals surface area (Å²) in [5, 5.41) is 3.57. The zero-order valence-electron chi connectivity index (χ0n) is 11.1. The molecule has 5 heteroatoms. The van der Waals surface area contributed by atoms with Crippen LogP contribution in [0, 0.1) is 0 Å². The number of aryl methyl sites for hydroxylation is 1. The van der Waals surface area contributed by atoms with Gasteiger partial charge in [-0.1, -0.05) is 31.5 Å². The van der Waals surface area contributed by atoms with Crippen molar-refractivity contribution in [3.8, 4) is 0 Å². The van der Waals surface area contributed by atoms with E-state index in [1.165, 1.54) is 4.88 Å². The molecule has 3 rings (SSSR count). The molecule has 0 saturated heterocycles. The van der Waals surface area contributed by atoms with Crippen LogP contribution in [0.5, 0.6) is 0 Å². The third-order valence-electron chi connectivity index (χ3n) is 2.90. The van der Waals surface area contributed by atoms with Crippen molar-refractivity contribution >= 4 is 33.3 Å². The highest BCUT2D eigenvalue weighted by molar-refractivity contribution is 7.18. The lowest BCUT2D eigenvalue weighted by Crippen LogP contribution is -2.03. The van der Waals surface area contributed by atoms with E-state index < -0.39 is 0 Å². The van der Waals surface area contributed by atoms with Crippen LogP contribution in [0.1, 0.15) is 18.2 Å². The van der Waals surface area contributed by atoms with E-state index in [0.717, 1.165) is 23.4 Å². The number of rotatable bonds is 4. The fourth-order valence-corrected chi connectivity index (χ4v) is 3.10. The van der Waals surface area contributed by atoms with E-state index in [-0.39, 0.29) is 11.6 Å². The van der Waals surface area contributed by atoms with E-state index in [2.05, 4.69) is 17.2 Å². The molecule has 0 aliphatic carbocycles. The molecule has 0 fully saturated rings. The van der Waals surface area contributed by atoms with Crippen molar-refractivity contribution in [1.29, 1.82) is 0 Å². The molecule has 1 aromatic carbocycles. The van der Waals surface area contributed by atoms with Crippen LogP contribution >= 0.6 is 11.3 Å². The van der Waals surface area contributed by atoms with Crippen LogP contribution in [0.4, 0.5) is 11.7 Å². The average molecular weight is 286 g/mol. The number of aromatic nitrogens is 1. The van der Waals surface area contributed by atoms with Gasteiger partial charge in [-0.3, -0.25) is 0 Å². The van der Waals surface area contributed by atoms with Crippen molar-refractivity contribution in [2.24, 2.45) is 0 Å². The van der Waals surface area contributed by atoms with Crippen molar-refractivity contribution in [1.82, 2.24) is 4.98 Å². The lowest BCUT2D eigenvalue weighted by atomic mass is 10.3. The van der Waals surface area contributed by atoms with Crippen molar-refractivity contribution in [3.63, 3.8) is 0 Å². The van der Waals surface area contributed by atoms with Crippen LogP contribution in [-0.4, -0.2) is 4.98 Å². The van der Waals surface area contributed by atoms with Crippen LogP contribution in [0.3, 0.4) is 0 Å². The van der Waals surface area contributed by atoms with E-state index in [1.54, 1.807) is 11.3 Å². The van der Waals surface area contributed by atoms with Crippen LogP contribution in [0.2, 0.25) is 0 Å². The molecular weight excluding hydrogens is 272 g/mol. The predicted octanol–water partition coefficient (Wildman–Crippen LogP) is 3.95. The van der Waals surface area contributed by atoms with Gasteiger partial charge < -0.3 is 9.73 Å². The highest BCUT2D eigenvalue weighted by Gasteiger charge is 2.10. The first-order valence-corrected chi connectivity index (χ1v) is 7.33. The van der Waals surface area contributed by atoms with E-state index in [0.29, 0.717) is 5.39 Å². The van der Waals surface area contributed by atoms with Gasteiger partial charge in [-0.25, -0.2) is 4.79 Å². The van der Waals surface area contributed by atoms with Gasteiger partial charge in [0.1, 0.15) is 4.83 Å². The van der Waals surface area contributed by atoms with Crippen LogP contribution < -0.4 is 10.9 Å². The van der Waals surface area contributed by atoms with Crippen LogP contribution in [-0.2, 0) is 6.42 Å². The number of hydrogen-bond acceptors (Lipinski definition) is 5. The quantitative estimate of drug-likeness (QED) is 0.789. The minimum atomic E-state index is -0.341. The Kier molecular flexibility index (Phi) is 3.52. The summed E-state index contributed by atoms with van der Waals surface area (Å²) in [6.07, 6.45) is 2.01. The Bertz CT molecular complexity index is 777. The minimum Gasteiger partial charge on any atom is -0.388 e. The Balaban J connectivity index is 1.99. The molecule has 2 aromatic heterocycles. The van der Waals surface area contributed by atoms with Gasteiger partial charge in [0.2, 0.25) is 0 Å². The molecule has 1 N–H and O–H groups in total. The fourth-order valence-electron chi connectivity index (χ4n) is 1.99. The van der Waals surface area contributed by atoms with E-state index in [4.69, 9.17) is 4.42 Å². The summed E-state index contributed by atoms with van der Waals surface area (Å²) in [5.41, 5.74) is 0.500. The summed E-state index contributed by atoms with van der Waals surface area (Å²) in [6.45, 7) is 2.11. The monoisotopic (exact) mass is 286 g/mol. The minimum absolute atomic E-state index is 0.235. The summed E-state index contributed by atoms with van der Waals surface area (Å²) >= 11 is 1.55. The zero-order valence-corrected chi connectivity index (χ0v) is 11.9. The summed E-state index contributed by atoms with van der Waals surface area (Å²) in [6, 6.07) is 11.6. The van der Waals surface area contributed by atoms with Gasteiger partial charge in [0.15, 0.2) is 0 Å². The summed E-state index contributed by atoms with van der Waals surface area (Å²) < 4.78 is 5.21. The molecule has 0 atom stereocenters. The molecular formula is C15H14N2O2S. The van der Waals surface area contributed by atoms with Gasteiger partial charge in [-0.15, -0.1) is 11.3 Å². The Morgan fingerprint density at radius 2 is 2.10 bits per heavy atom. The fraction of sp³-hybridized carbons (Fsp3) is 0.200. The van der Waals surface area contributed by atoms with Gasteiger partial charge in [0, 0.05) is 10.6 Å². The molecule has 0 radical (unpaired) electrons. The zero-order chi connectivity index (χ0) is 13.9. The molecule has 4 nitrogen and oxygen atoms in total. The van der Waals surface area contributed by atoms with Gasteiger partial charge >= 0.3 is 11.6 Å². The summed E-state index contributed by atoms with van der Waals surface area (Å²) in [4.78, 5) is 18.2. The third-order valence-corrected chi connectivity index (χ3v) is 3.99. The number of nitrogens with zero attached hydrogens (tertiary/aromatic N) is 1. The van der Waals surface area contributed by atoms with E-state index in [1.807, 2.05) is 36.4 Å². The molecule has 102 valence electrons. The maximum absolute atomic E-state index is 12.0. The van der Waals surface area contributed by atoms with E-state index in [9.17, 15) is 4.79 Å². The maximum atomic E-state index is 12.0. The molecule has 0 aliphatic rings. The predicted molar refractivity (Wildman–Crippen MR) is 81.9 cm³/mol. The van der Waals surface area contributed by atoms with Gasteiger partial charge in [0.05, 0.1) is 5.39 Å². The van der Waals surface area contributed by atoms with Gasteiger partial charge in [-0.05, 0) is 24.6 Å². The molecule has 0 amide bonds. The first kappa shape index (κ1) is 12.9. The number of nitrogens with one attached hydrogen (secondary N) is 1. The van der Waals surface area contributed by atoms with E-state index >= 15 is 0 Å². The Morgan fingerprint density at radius 1 is 1.30 bits per heavy atom. The summed E-state index contributed by atoms with van der Waals surface area (Å²) in [5.74, 6) is 0. The number of hydrogen-bond donors (Lipinski definition) is 1. The highest BCUT2D eigenvalue weighted by Crippen LogP contribution is 2.24. The average Bonchev–Trinajstić information content (AvgIpc) is 2.83. The largest absolute Gasteiger partial charge is 0.388 e. The molecule has 2 heterocycles. The molecule has 20 heavy (non-hydrogen) atoms. The smallest absolute Gasteiger partial charge is 0.349 e. The lowest BCUT2D eigenvalue weighted by molar-refractivity contribution is 0.522. The second-order valence-corrected chi connectivity index (χ2v) is 5.59. The highest BCUT2D eigenvalue weighted by atomic mass is 32.1. The van der Waals surface area contributed by atoms with Crippen molar-refractivity contribution in [2.75, 3.05) is 5.32 Å². The Morgan fingerprint density at radius 3 is 2.85 bits per heavy atom.